The van der Waals surface area contributed by atoms with Gasteiger partial charge in [-0.2, -0.15) is 0 Å². The van der Waals surface area contributed by atoms with E-state index in [1.54, 1.807) is 12.3 Å². The Bertz CT molecular complexity index is 375. The van der Waals surface area contributed by atoms with E-state index >= 15 is 0 Å². The Morgan fingerprint density at radius 1 is 1.50 bits per heavy atom. The first-order valence-corrected chi connectivity index (χ1v) is 6.28. The van der Waals surface area contributed by atoms with Crippen molar-refractivity contribution in [2.24, 2.45) is 5.92 Å². The molecule has 0 saturated heterocycles. The first-order chi connectivity index (χ1) is 8.60. The quantitative estimate of drug-likeness (QED) is 0.789. The van der Waals surface area contributed by atoms with E-state index in [1.165, 1.54) is 7.11 Å². The SMILES string of the molecule is CCCCC(C(=O)OC)C(O)c1ccc(C)nc1. The van der Waals surface area contributed by atoms with Crippen molar-refractivity contribution in [3.05, 3.63) is 29.6 Å². The van der Waals surface area contributed by atoms with Crippen LogP contribution in [0.15, 0.2) is 18.3 Å². The maximum atomic E-state index is 11.7. The van der Waals surface area contributed by atoms with Crippen molar-refractivity contribution in [3.8, 4) is 0 Å². The second kappa shape index (κ2) is 7.11. The monoisotopic (exact) mass is 251 g/mol. The molecule has 0 saturated carbocycles. The van der Waals surface area contributed by atoms with Gasteiger partial charge in [0.2, 0.25) is 0 Å². The summed E-state index contributed by atoms with van der Waals surface area (Å²) < 4.78 is 4.76. The van der Waals surface area contributed by atoms with Gasteiger partial charge >= 0.3 is 5.97 Å². The Labute approximate surface area is 108 Å². The van der Waals surface area contributed by atoms with Crippen LogP contribution in [0.25, 0.3) is 0 Å². The molecule has 0 spiro atoms. The Kier molecular flexibility index (Phi) is 5.78. The van der Waals surface area contributed by atoms with Crippen LogP contribution in [0.1, 0.15) is 43.5 Å². The third-order valence-corrected chi connectivity index (χ3v) is 3.03. The Balaban J connectivity index is 2.83. The fourth-order valence-corrected chi connectivity index (χ4v) is 1.87. The van der Waals surface area contributed by atoms with E-state index in [1.807, 2.05) is 19.9 Å². The van der Waals surface area contributed by atoms with Crippen LogP contribution in [0.4, 0.5) is 0 Å². The largest absolute Gasteiger partial charge is 0.469 e. The molecule has 1 aromatic heterocycles. The molecule has 0 aromatic carbocycles. The van der Waals surface area contributed by atoms with Crippen LogP contribution in [0.5, 0.6) is 0 Å². The number of rotatable bonds is 6. The normalized spacial score (nSPS) is 14.0. The van der Waals surface area contributed by atoms with Crippen LogP contribution in [0, 0.1) is 12.8 Å². The molecular formula is C14H21NO3. The summed E-state index contributed by atoms with van der Waals surface area (Å²) in [6, 6.07) is 3.63. The second-order valence-corrected chi connectivity index (χ2v) is 4.45. The molecule has 2 unspecified atom stereocenters. The van der Waals surface area contributed by atoms with Crippen LogP contribution in [-0.2, 0) is 9.53 Å². The molecule has 0 aliphatic heterocycles. The van der Waals surface area contributed by atoms with E-state index in [9.17, 15) is 9.90 Å². The number of pyridine rings is 1. The van der Waals surface area contributed by atoms with E-state index < -0.39 is 12.0 Å². The number of nitrogens with zero attached hydrogens (tertiary/aromatic N) is 1. The maximum absolute atomic E-state index is 11.7. The van der Waals surface area contributed by atoms with Crippen LogP contribution >= 0.6 is 0 Å². The van der Waals surface area contributed by atoms with Crippen LogP contribution in [0.2, 0.25) is 0 Å². The van der Waals surface area contributed by atoms with Crippen LogP contribution in [-0.4, -0.2) is 23.2 Å². The van der Waals surface area contributed by atoms with Gasteiger partial charge in [-0.3, -0.25) is 9.78 Å². The molecule has 1 rings (SSSR count). The number of aromatic nitrogens is 1. The number of esters is 1. The van der Waals surface area contributed by atoms with Gasteiger partial charge in [0.1, 0.15) is 0 Å². The number of carbonyl (C=O) groups excluding carboxylic acids is 1. The number of aryl methyl sites for hydroxylation is 1. The first kappa shape index (κ1) is 14.6. The highest BCUT2D eigenvalue weighted by atomic mass is 16.5. The van der Waals surface area contributed by atoms with E-state index in [4.69, 9.17) is 4.74 Å². The van der Waals surface area contributed by atoms with E-state index in [-0.39, 0.29) is 5.97 Å². The lowest BCUT2D eigenvalue weighted by Gasteiger charge is -2.20. The van der Waals surface area contributed by atoms with Crippen molar-refractivity contribution >= 4 is 5.97 Å². The lowest BCUT2D eigenvalue weighted by atomic mass is 9.92. The predicted octanol–water partition coefficient (Wildman–Crippen LogP) is 2.40. The summed E-state index contributed by atoms with van der Waals surface area (Å²) in [6.45, 7) is 3.93. The summed E-state index contributed by atoms with van der Waals surface area (Å²) in [5.74, 6) is -0.879. The first-order valence-electron chi connectivity index (χ1n) is 6.28. The molecule has 1 N–H and O–H groups in total. The average Bonchev–Trinajstić information content (AvgIpc) is 2.39. The Morgan fingerprint density at radius 2 is 2.22 bits per heavy atom. The van der Waals surface area contributed by atoms with Gasteiger partial charge in [-0.1, -0.05) is 25.8 Å². The highest BCUT2D eigenvalue weighted by Gasteiger charge is 2.28. The average molecular weight is 251 g/mol. The van der Waals surface area contributed by atoms with Gasteiger partial charge in [0.05, 0.1) is 19.1 Å². The lowest BCUT2D eigenvalue weighted by molar-refractivity contribution is -0.150. The van der Waals surface area contributed by atoms with E-state index in [2.05, 4.69) is 4.98 Å². The van der Waals surface area contributed by atoms with Crippen molar-refractivity contribution in [1.29, 1.82) is 0 Å². The fraction of sp³-hybridized carbons (Fsp3) is 0.571. The summed E-state index contributed by atoms with van der Waals surface area (Å²) in [7, 11) is 1.35. The molecule has 0 fully saturated rings. The van der Waals surface area contributed by atoms with Gasteiger partial charge in [-0.25, -0.2) is 0 Å². The number of carbonyl (C=O) groups is 1. The van der Waals surface area contributed by atoms with Crippen molar-refractivity contribution in [2.45, 2.75) is 39.2 Å². The molecule has 4 heteroatoms. The Morgan fingerprint density at radius 3 is 2.72 bits per heavy atom. The van der Waals surface area contributed by atoms with Gasteiger partial charge in [-0.05, 0) is 25.0 Å². The van der Waals surface area contributed by atoms with Crippen molar-refractivity contribution in [2.75, 3.05) is 7.11 Å². The molecule has 18 heavy (non-hydrogen) atoms. The minimum Gasteiger partial charge on any atom is -0.469 e. The Hall–Kier alpha value is -1.42. The van der Waals surface area contributed by atoms with Gasteiger partial charge in [0, 0.05) is 11.9 Å². The van der Waals surface area contributed by atoms with Gasteiger partial charge < -0.3 is 9.84 Å². The van der Waals surface area contributed by atoms with Crippen LogP contribution in [0.3, 0.4) is 0 Å². The third kappa shape index (κ3) is 3.81. The van der Waals surface area contributed by atoms with Gasteiger partial charge in [-0.15, -0.1) is 0 Å². The zero-order chi connectivity index (χ0) is 13.5. The lowest BCUT2D eigenvalue weighted by Crippen LogP contribution is -2.23. The van der Waals surface area contributed by atoms with Crippen molar-refractivity contribution in [1.82, 2.24) is 4.98 Å². The number of hydrogen-bond acceptors (Lipinski definition) is 4. The van der Waals surface area contributed by atoms with Crippen molar-refractivity contribution < 1.29 is 14.6 Å². The molecule has 100 valence electrons. The van der Waals surface area contributed by atoms with E-state index in [0.29, 0.717) is 12.0 Å². The zero-order valence-corrected chi connectivity index (χ0v) is 11.2. The minimum absolute atomic E-state index is 0.364. The predicted molar refractivity (Wildman–Crippen MR) is 69.0 cm³/mol. The molecule has 1 aromatic rings. The molecule has 0 aliphatic carbocycles. The van der Waals surface area contributed by atoms with Crippen LogP contribution < -0.4 is 0 Å². The summed E-state index contributed by atoms with van der Waals surface area (Å²) >= 11 is 0. The molecular weight excluding hydrogens is 230 g/mol. The topological polar surface area (TPSA) is 59.4 Å². The third-order valence-electron chi connectivity index (χ3n) is 3.03. The second-order valence-electron chi connectivity index (χ2n) is 4.45. The van der Waals surface area contributed by atoms with Crippen molar-refractivity contribution in [3.63, 3.8) is 0 Å². The highest BCUT2D eigenvalue weighted by molar-refractivity contribution is 5.73. The number of hydrogen-bond donors (Lipinski definition) is 1. The molecule has 0 amide bonds. The number of methoxy groups -OCH3 is 1. The molecule has 4 nitrogen and oxygen atoms in total. The summed E-state index contributed by atoms with van der Waals surface area (Å²) in [5, 5.41) is 10.3. The fourth-order valence-electron chi connectivity index (χ4n) is 1.87. The van der Waals surface area contributed by atoms with Gasteiger partial charge in [0.25, 0.3) is 0 Å². The van der Waals surface area contributed by atoms with Gasteiger partial charge in [0.15, 0.2) is 0 Å². The molecule has 0 aliphatic rings. The summed E-state index contributed by atoms with van der Waals surface area (Å²) in [5.41, 5.74) is 1.54. The minimum atomic E-state index is -0.850. The maximum Gasteiger partial charge on any atom is 0.311 e. The standard InChI is InChI=1S/C14H21NO3/c1-4-5-6-12(14(17)18-3)13(16)11-8-7-10(2)15-9-11/h7-9,12-13,16H,4-6H2,1-3H3. The summed E-state index contributed by atoms with van der Waals surface area (Å²) in [6.07, 6.45) is 3.25. The molecule has 0 bridgehead atoms. The smallest absolute Gasteiger partial charge is 0.311 e. The van der Waals surface area contributed by atoms with E-state index in [0.717, 1.165) is 18.5 Å². The molecule has 1 heterocycles. The summed E-state index contributed by atoms with van der Waals surface area (Å²) in [4.78, 5) is 15.8. The number of ether oxygens (including phenoxy) is 1. The number of aliphatic hydroxyl groups excluding tert-OH is 1. The highest BCUT2D eigenvalue weighted by Crippen LogP contribution is 2.27. The number of aliphatic hydroxyl groups is 1. The molecule has 0 radical (unpaired) electrons. The zero-order valence-electron chi connectivity index (χ0n) is 11.2. The number of unbranched alkanes of at least 4 members (excludes halogenated alkanes) is 1. The molecule has 2 atom stereocenters.